The van der Waals surface area contributed by atoms with E-state index >= 15 is 0 Å². The average molecular weight is 431 g/mol. The van der Waals surface area contributed by atoms with Crippen LogP contribution >= 0.6 is 11.6 Å². The number of carbonyl (C=O) groups is 1. The Hall–Kier alpha value is -2.84. The summed E-state index contributed by atoms with van der Waals surface area (Å²) in [5.41, 5.74) is 0.958. The molecule has 9 heteroatoms. The van der Waals surface area contributed by atoms with Crippen LogP contribution in [0.15, 0.2) is 29.1 Å². The third-order valence-corrected chi connectivity index (χ3v) is 5.45. The molecular weight excluding hydrogens is 411 g/mol. The van der Waals surface area contributed by atoms with Gasteiger partial charge in [-0.15, -0.1) is 0 Å². The van der Waals surface area contributed by atoms with Gasteiger partial charge < -0.3 is 10.1 Å². The zero-order chi connectivity index (χ0) is 21.4. The minimum atomic E-state index is -0.631. The second-order valence-electron chi connectivity index (χ2n) is 7.30. The van der Waals surface area contributed by atoms with Crippen molar-refractivity contribution >= 4 is 28.5 Å². The van der Waals surface area contributed by atoms with Crippen molar-refractivity contribution in [3.05, 3.63) is 62.3 Å². The molecule has 1 amide bonds. The Bertz CT molecular complexity index is 1210. The first-order chi connectivity index (χ1) is 14.3. The number of carbonyl (C=O) groups excluding carboxylic acids is 1. The van der Waals surface area contributed by atoms with Gasteiger partial charge in [0.25, 0.3) is 5.91 Å². The molecule has 1 aliphatic heterocycles. The number of hydrogen-bond acceptors (Lipinski definition) is 5. The molecule has 2 aromatic heterocycles. The molecule has 0 saturated carbocycles. The Morgan fingerprint density at radius 1 is 1.27 bits per heavy atom. The lowest BCUT2D eigenvalue weighted by molar-refractivity contribution is 0.0693. The van der Waals surface area contributed by atoms with E-state index in [0.717, 1.165) is 11.6 Å². The maximum Gasteiger partial charge on any atom is 0.276 e. The number of benzene rings is 1. The molecule has 30 heavy (non-hydrogen) atoms. The molecule has 3 heterocycles. The van der Waals surface area contributed by atoms with Crippen molar-refractivity contribution in [1.82, 2.24) is 20.1 Å². The molecule has 1 saturated heterocycles. The highest BCUT2D eigenvalue weighted by molar-refractivity contribution is 6.30. The van der Waals surface area contributed by atoms with E-state index in [0.29, 0.717) is 37.3 Å². The SMILES string of the molecule is Cc1cc2c(nc1C)c(=O)c(C(=O)NC1CCOCC1)nn2-c1ccc(Cl)cc1F. The normalized spacial score (nSPS) is 14.8. The number of rotatable bonds is 3. The molecule has 156 valence electrons. The van der Waals surface area contributed by atoms with Gasteiger partial charge in [0, 0.05) is 30.0 Å². The van der Waals surface area contributed by atoms with Crippen LogP contribution in [-0.2, 0) is 4.74 Å². The average Bonchev–Trinajstić information content (AvgIpc) is 2.71. The van der Waals surface area contributed by atoms with E-state index in [9.17, 15) is 14.0 Å². The minimum Gasteiger partial charge on any atom is -0.381 e. The fourth-order valence-electron chi connectivity index (χ4n) is 3.41. The molecule has 0 aliphatic carbocycles. The third kappa shape index (κ3) is 3.80. The van der Waals surface area contributed by atoms with E-state index in [-0.39, 0.29) is 28.0 Å². The lowest BCUT2D eigenvalue weighted by Crippen LogP contribution is -2.41. The molecule has 1 fully saturated rings. The zero-order valence-electron chi connectivity index (χ0n) is 16.5. The molecule has 0 radical (unpaired) electrons. The number of halogens is 2. The molecule has 0 atom stereocenters. The van der Waals surface area contributed by atoms with Crippen molar-refractivity contribution in [2.24, 2.45) is 0 Å². The van der Waals surface area contributed by atoms with Crippen LogP contribution in [0.1, 0.15) is 34.6 Å². The van der Waals surface area contributed by atoms with E-state index in [1.54, 1.807) is 13.0 Å². The van der Waals surface area contributed by atoms with Crippen LogP contribution < -0.4 is 10.7 Å². The summed E-state index contributed by atoms with van der Waals surface area (Å²) in [6, 6.07) is 5.71. The van der Waals surface area contributed by atoms with Crippen molar-refractivity contribution < 1.29 is 13.9 Å². The molecule has 1 aliphatic rings. The summed E-state index contributed by atoms with van der Waals surface area (Å²) in [6.45, 7) is 4.68. The van der Waals surface area contributed by atoms with Crippen LogP contribution in [0.3, 0.4) is 0 Å². The van der Waals surface area contributed by atoms with Crippen LogP contribution in [0.25, 0.3) is 16.7 Å². The van der Waals surface area contributed by atoms with Gasteiger partial charge in [-0.1, -0.05) is 11.6 Å². The van der Waals surface area contributed by atoms with Gasteiger partial charge in [0.05, 0.1) is 5.52 Å². The van der Waals surface area contributed by atoms with E-state index in [4.69, 9.17) is 16.3 Å². The predicted octanol–water partition coefficient (Wildman–Crippen LogP) is 3.10. The van der Waals surface area contributed by atoms with Gasteiger partial charge in [0.2, 0.25) is 5.43 Å². The van der Waals surface area contributed by atoms with Gasteiger partial charge in [0.1, 0.15) is 17.0 Å². The number of aromatic nitrogens is 3. The van der Waals surface area contributed by atoms with Crippen molar-refractivity contribution in [2.75, 3.05) is 13.2 Å². The summed E-state index contributed by atoms with van der Waals surface area (Å²) >= 11 is 5.88. The Morgan fingerprint density at radius 3 is 2.70 bits per heavy atom. The predicted molar refractivity (Wildman–Crippen MR) is 111 cm³/mol. The molecule has 0 unspecified atom stereocenters. The van der Waals surface area contributed by atoms with E-state index in [1.807, 2.05) is 6.92 Å². The summed E-state index contributed by atoms with van der Waals surface area (Å²) in [4.78, 5) is 30.3. The van der Waals surface area contributed by atoms with Crippen LogP contribution in [0.2, 0.25) is 5.02 Å². The molecule has 1 N–H and O–H groups in total. The van der Waals surface area contributed by atoms with Gasteiger partial charge in [-0.05, 0) is 56.5 Å². The smallest absolute Gasteiger partial charge is 0.276 e. The summed E-state index contributed by atoms with van der Waals surface area (Å²) in [7, 11) is 0. The third-order valence-electron chi connectivity index (χ3n) is 5.21. The number of hydrogen-bond donors (Lipinski definition) is 1. The van der Waals surface area contributed by atoms with Gasteiger partial charge in [-0.2, -0.15) is 5.10 Å². The van der Waals surface area contributed by atoms with E-state index in [2.05, 4.69) is 15.4 Å². The zero-order valence-corrected chi connectivity index (χ0v) is 17.3. The van der Waals surface area contributed by atoms with Crippen LogP contribution in [-0.4, -0.2) is 39.9 Å². The first kappa shape index (κ1) is 20.4. The van der Waals surface area contributed by atoms with Gasteiger partial charge in [-0.3, -0.25) is 9.59 Å². The summed E-state index contributed by atoms with van der Waals surface area (Å²) in [6.07, 6.45) is 1.30. The fraction of sp³-hybridized carbons (Fsp3) is 0.333. The second-order valence-corrected chi connectivity index (χ2v) is 7.74. The number of fused-ring (bicyclic) bond motifs is 1. The number of pyridine rings is 1. The van der Waals surface area contributed by atoms with Crippen LogP contribution in [0, 0.1) is 19.7 Å². The molecule has 3 aromatic rings. The monoisotopic (exact) mass is 430 g/mol. The van der Waals surface area contributed by atoms with Crippen molar-refractivity contribution in [2.45, 2.75) is 32.7 Å². The van der Waals surface area contributed by atoms with Gasteiger partial charge in [0.15, 0.2) is 5.69 Å². The Labute approximate surface area is 176 Å². The summed E-state index contributed by atoms with van der Waals surface area (Å²) < 4.78 is 21.2. The number of aryl methyl sites for hydroxylation is 2. The molecule has 1 aromatic carbocycles. The Morgan fingerprint density at radius 2 is 2.00 bits per heavy atom. The van der Waals surface area contributed by atoms with Gasteiger partial charge in [-0.25, -0.2) is 14.1 Å². The first-order valence-electron chi connectivity index (χ1n) is 9.60. The van der Waals surface area contributed by atoms with E-state index in [1.165, 1.54) is 16.8 Å². The lowest BCUT2D eigenvalue weighted by atomic mass is 10.1. The Kier molecular flexibility index (Phi) is 5.53. The standard InChI is InChI=1S/C21H20ClFN4O3/c1-11-9-17-18(24-12(11)2)20(28)19(21(29)25-14-5-7-30-8-6-14)26-27(17)16-4-3-13(22)10-15(16)23/h3-4,9-10,14H,5-8H2,1-2H3,(H,25,29). The van der Waals surface area contributed by atoms with Crippen LogP contribution in [0.5, 0.6) is 0 Å². The second kappa shape index (κ2) is 8.12. The molecule has 7 nitrogen and oxygen atoms in total. The first-order valence-corrected chi connectivity index (χ1v) is 9.98. The number of nitrogens with zero attached hydrogens (tertiary/aromatic N) is 3. The highest BCUT2D eigenvalue weighted by Crippen LogP contribution is 2.22. The molecule has 0 spiro atoms. The number of nitrogens with one attached hydrogen (secondary N) is 1. The van der Waals surface area contributed by atoms with E-state index < -0.39 is 17.2 Å². The largest absolute Gasteiger partial charge is 0.381 e. The maximum absolute atomic E-state index is 14.7. The summed E-state index contributed by atoms with van der Waals surface area (Å²) in [5.74, 6) is -1.24. The highest BCUT2D eigenvalue weighted by Gasteiger charge is 2.24. The van der Waals surface area contributed by atoms with Crippen molar-refractivity contribution in [3.8, 4) is 5.69 Å². The van der Waals surface area contributed by atoms with Crippen molar-refractivity contribution in [3.63, 3.8) is 0 Å². The highest BCUT2D eigenvalue weighted by atomic mass is 35.5. The number of ether oxygens (including phenoxy) is 1. The quantitative estimate of drug-likeness (QED) is 0.690. The molecule has 4 rings (SSSR count). The molecule has 0 bridgehead atoms. The Balaban J connectivity index is 1.91. The number of amides is 1. The van der Waals surface area contributed by atoms with Crippen LogP contribution in [0.4, 0.5) is 4.39 Å². The lowest BCUT2D eigenvalue weighted by Gasteiger charge is -2.23. The van der Waals surface area contributed by atoms with Gasteiger partial charge >= 0.3 is 0 Å². The maximum atomic E-state index is 14.7. The summed E-state index contributed by atoms with van der Waals surface area (Å²) in [5, 5.41) is 7.29. The minimum absolute atomic E-state index is 0.0552. The molecular formula is C21H20ClFN4O3. The van der Waals surface area contributed by atoms with Crippen molar-refractivity contribution in [1.29, 1.82) is 0 Å². The topological polar surface area (TPSA) is 86.1 Å². The fourth-order valence-corrected chi connectivity index (χ4v) is 3.57.